The average molecular weight is 225 g/mol. The Morgan fingerprint density at radius 3 is 2.75 bits per heavy atom. The maximum absolute atomic E-state index is 12.9. The predicted molar refractivity (Wildman–Crippen MR) is 58.5 cm³/mol. The molecule has 1 aliphatic rings. The summed E-state index contributed by atoms with van der Waals surface area (Å²) >= 11 is 0. The highest BCUT2D eigenvalue weighted by molar-refractivity contribution is 5.28. The number of aliphatic hydroxyl groups is 1. The Morgan fingerprint density at radius 2 is 2.12 bits per heavy atom. The lowest BCUT2D eigenvalue weighted by Crippen LogP contribution is -2.27. The van der Waals surface area contributed by atoms with E-state index >= 15 is 0 Å². The van der Waals surface area contributed by atoms with E-state index in [4.69, 9.17) is 0 Å². The Morgan fingerprint density at radius 1 is 1.38 bits per heavy atom. The number of benzene rings is 1. The molecular formula is C12H16FNO2. The first-order chi connectivity index (χ1) is 7.65. The fourth-order valence-corrected chi connectivity index (χ4v) is 1.75. The molecule has 4 heteroatoms. The fraction of sp³-hybridized carbons (Fsp3) is 0.500. The molecular weight excluding hydrogens is 209 g/mol. The summed E-state index contributed by atoms with van der Waals surface area (Å²) in [6, 6.07) is 3.96. The lowest BCUT2D eigenvalue weighted by atomic mass is 10.2. The first kappa shape index (κ1) is 11.4. The SMILES string of the molecule is Oc1cc(F)cc(CNCC(O)C2CC2)c1. The number of aliphatic hydroxyl groups excluding tert-OH is 1. The molecule has 1 atom stereocenters. The second kappa shape index (κ2) is 4.80. The Balaban J connectivity index is 1.79. The monoisotopic (exact) mass is 225 g/mol. The van der Waals surface area contributed by atoms with E-state index in [0.717, 1.165) is 18.9 Å². The molecule has 1 saturated carbocycles. The lowest BCUT2D eigenvalue weighted by molar-refractivity contribution is 0.148. The molecule has 0 amide bonds. The van der Waals surface area contributed by atoms with Crippen LogP contribution in [0, 0.1) is 11.7 Å². The third-order valence-electron chi connectivity index (χ3n) is 2.79. The number of rotatable bonds is 5. The van der Waals surface area contributed by atoms with E-state index in [1.165, 1.54) is 12.1 Å². The molecule has 0 aliphatic heterocycles. The molecule has 2 rings (SSSR count). The van der Waals surface area contributed by atoms with Crippen molar-refractivity contribution < 1.29 is 14.6 Å². The quantitative estimate of drug-likeness (QED) is 0.710. The summed E-state index contributed by atoms with van der Waals surface area (Å²) in [5, 5.41) is 21.8. The Labute approximate surface area is 93.9 Å². The van der Waals surface area contributed by atoms with Gasteiger partial charge in [0.1, 0.15) is 11.6 Å². The largest absolute Gasteiger partial charge is 0.508 e. The van der Waals surface area contributed by atoms with E-state index in [0.29, 0.717) is 24.6 Å². The van der Waals surface area contributed by atoms with E-state index in [9.17, 15) is 14.6 Å². The van der Waals surface area contributed by atoms with Crippen LogP contribution in [0.2, 0.25) is 0 Å². The van der Waals surface area contributed by atoms with Crippen LogP contribution in [0.15, 0.2) is 18.2 Å². The Hall–Kier alpha value is -1.13. The molecule has 0 radical (unpaired) electrons. The summed E-state index contributed by atoms with van der Waals surface area (Å²) in [5.74, 6) is -0.0764. The molecule has 3 nitrogen and oxygen atoms in total. The van der Waals surface area contributed by atoms with Gasteiger partial charge in [-0.1, -0.05) is 0 Å². The molecule has 0 aromatic heterocycles. The van der Waals surface area contributed by atoms with Crippen LogP contribution < -0.4 is 5.32 Å². The van der Waals surface area contributed by atoms with Gasteiger partial charge >= 0.3 is 0 Å². The minimum Gasteiger partial charge on any atom is -0.508 e. The molecule has 1 unspecified atom stereocenters. The highest BCUT2D eigenvalue weighted by atomic mass is 19.1. The summed E-state index contributed by atoms with van der Waals surface area (Å²) in [7, 11) is 0. The van der Waals surface area contributed by atoms with E-state index in [1.807, 2.05) is 0 Å². The van der Waals surface area contributed by atoms with Gasteiger partial charge in [-0.25, -0.2) is 4.39 Å². The number of nitrogens with one attached hydrogen (secondary N) is 1. The molecule has 0 saturated heterocycles. The van der Waals surface area contributed by atoms with Gasteiger partial charge in [0.15, 0.2) is 0 Å². The van der Waals surface area contributed by atoms with Gasteiger partial charge in [0.25, 0.3) is 0 Å². The van der Waals surface area contributed by atoms with Crippen LogP contribution in [-0.2, 0) is 6.54 Å². The standard InChI is InChI=1S/C12H16FNO2/c13-10-3-8(4-11(15)5-10)6-14-7-12(16)9-1-2-9/h3-5,9,12,14-16H,1-2,6-7H2. The van der Waals surface area contributed by atoms with Crippen molar-refractivity contribution in [2.75, 3.05) is 6.54 Å². The molecule has 1 fully saturated rings. The fourth-order valence-electron chi connectivity index (χ4n) is 1.75. The van der Waals surface area contributed by atoms with Gasteiger partial charge in [-0.05, 0) is 36.5 Å². The molecule has 0 bridgehead atoms. The normalized spacial score (nSPS) is 17.4. The first-order valence-electron chi connectivity index (χ1n) is 5.52. The highest BCUT2D eigenvalue weighted by Crippen LogP contribution is 2.32. The van der Waals surface area contributed by atoms with Gasteiger partial charge in [-0.15, -0.1) is 0 Å². The topological polar surface area (TPSA) is 52.5 Å². The maximum atomic E-state index is 12.9. The molecule has 0 heterocycles. The van der Waals surface area contributed by atoms with E-state index in [-0.39, 0.29) is 11.9 Å². The van der Waals surface area contributed by atoms with Crippen molar-refractivity contribution in [3.05, 3.63) is 29.6 Å². The van der Waals surface area contributed by atoms with Crippen molar-refractivity contribution in [3.8, 4) is 5.75 Å². The number of phenols is 1. The van der Waals surface area contributed by atoms with Crippen LogP contribution in [0.25, 0.3) is 0 Å². The molecule has 16 heavy (non-hydrogen) atoms. The maximum Gasteiger partial charge on any atom is 0.127 e. The molecule has 3 N–H and O–H groups in total. The summed E-state index contributed by atoms with van der Waals surface area (Å²) in [4.78, 5) is 0. The van der Waals surface area contributed by atoms with Gasteiger partial charge < -0.3 is 15.5 Å². The summed E-state index contributed by atoms with van der Waals surface area (Å²) < 4.78 is 12.9. The van der Waals surface area contributed by atoms with Crippen LogP contribution in [0.4, 0.5) is 4.39 Å². The molecule has 1 aliphatic carbocycles. The van der Waals surface area contributed by atoms with Crippen molar-refractivity contribution >= 4 is 0 Å². The van der Waals surface area contributed by atoms with Crippen molar-refractivity contribution in [2.24, 2.45) is 5.92 Å². The minimum absolute atomic E-state index is 0.0699. The van der Waals surface area contributed by atoms with E-state index in [1.54, 1.807) is 0 Å². The number of aromatic hydroxyl groups is 1. The summed E-state index contributed by atoms with van der Waals surface area (Å²) in [6.07, 6.45) is 1.90. The highest BCUT2D eigenvalue weighted by Gasteiger charge is 2.28. The van der Waals surface area contributed by atoms with Gasteiger partial charge in [0.2, 0.25) is 0 Å². The first-order valence-corrected chi connectivity index (χ1v) is 5.52. The third kappa shape index (κ3) is 3.18. The zero-order valence-electron chi connectivity index (χ0n) is 8.99. The second-order valence-electron chi connectivity index (χ2n) is 4.35. The number of hydrogen-bond donors (Lipinski definition) is 3. The van der Waals surface area contributed by atoms with Crippen LogP contribution in [0.5, 0.6) is 5.75 Å². The number of halogens is 1. The van der Waals surface area contributed by atoms with Crippen LogP contribution >= 0.6 is 0 Å². The third-order valence-corrected chi connectivity index (χ3v) is 2.79. The smallest absolute Gasteiger partial charge is 0.127 e. The molecule has 0 spiro atoms. The van der Waals surface area contributed by atoms with Gasteiger partial charge in [0.05, 0.1) is 6.10 Å². The minimum atomic E-state index is -0.445. The van der Waals surface area contributed by atoms with Crippen LogP contribution in [-0.4, -0.2) is 22.9 Å². The molecule has 88 valence electrons. The van der Waals surface area contributed by atoms with Crippen molar-refractivity contribution in [2.45, 2.75) is 25.5 Å². The number of phenolic OH excluding ortho intramolecular Hbond substituents is 1. The van der Waals surface area contributed by atoms with Crippen molar-refractivity contribution in [3.63, 3.8) is 0 Å². The zero-order chi connectivity index (χ0) is 11.5. The zero-order valence-corrected chi connectivity index (χ0v) is 8.99. The molecule has 1 aromatic rings. The van der Waals surface area contributed by atoms with Gasteiger partial charge in [-0.3, -0.25) is 0 Å². The second-order valence-corrected chi connectivity index (χ2v) is 4.35. The van der Waals surface area contributed by atoms with Crippen LogP contribution in [0.1, 0.15) is 18.4 Å². The average Bonchev–Trinajstić information content (AvgIpc) is 2.98. The summed E-state index contributed by atoms with van der Waals surface area (Å²) in [6.45, 7) is 0.969. The van der Waals surface area contributed by atoms with E-state index < -0.39 is 5.82 Å². The van der Waals surface area contributed by atoms with Crippen molar-refractivity contribution in [1.29, 1.82) is 0 Å². The Kier molecular flexibility index (Phi) is 3.41. The predicted octanol–water partition coefficient (Wildman–Crippen LogP) is 1.39. The number of hydrogen-bond acceptors (Lipinski definition) is 3. The van der Waals surface area contributed by atoms with Gasteiger partial charge in [0, 0.05) is 19.2 Å². The van der Waals surface area contributed by atoms with E-state index in [2.05, 4.69) is 5.32 Å². The Bertz CT molecular complexity index is 346. The summed E-state index contributed by atoms with van der Waals surface area (Å²) in [5.41, 5.74) is 0.681. The van der Waals surface area contributed by atoms with Gasteiger partial charge in [-0.2, -0.15) is 0 Å². The lowest BCUT2D eigenvalue weighted by Gasteiger charge is -2.10. The molecule has 1 aromatic carbocycles. The van der Waals surface area contributed by atoms with Crippen molar-refractivity contribution in [1.82, 2.24) is 5.32 Å². The van der Waals surface area contributed by atoms with Crippen LogP contribution in [0.3, 0.4) is 0 Å².